The molecule has 4 aromatic rings. The molecule has 4 rings (SSSR count). The summed E-state index contributed by atoms with van der Waals surface area (Å²) in [6.45, 7) is 1.43. The Morgan fingerprint density at radius 2 is 1.37 bits per heavy atom. The number of ketones is 1. The van der Waals surface area contributed by atoms with Crippen LogP contribution >= 0.6 is 0 Å². The summed E-state index contributed by atoms with van der Waals surface area (Å²) in [6, 6.07) is 21.8. The van der Waals surface area contributed by atoms with Crippen molar-refractivity contribution in [1.29, 1.82) is 0 Å². The van der Waals surface area contributed by atoms with Crippen LogP contribution in [0.15, 0.2) is 88.2 Å². The van der Waals surface area contributed by atoms with E-state index in [1.807, 2.05) is 30.3 Å². The lowest BCUT2D eigenvalue weighted by molar-refractivity contribution is 0.101. The number of rotatable bonds is 6. The van der Waals surface area contributed by atoms with Gasteiger partial charge in [-0.15, -0.1) is 10.2 Å². The predicted molar refractivity (Wildman–Crippen MR) is 112 cm³/mol. The van der Waals surface area contributed by atoms with Gasteiger partial charge in [-0.1, -0.05) is 30.3 Å². The lowest BCUT2D eigenvalue weighted by Crippen LogP contribution is -2.13. The normalized spacial score (nSPS) is 11.2. The van der Waals surface area contributed by atoms with Gasteiger partial charge in [-0.25, -0.2) is 8.42 Å². The Morgan fingerprint density at radius 1 is 0.800 bits per heavy atom. The average Bonchev–Trinajstić information content (AvgIpc) is 3.25. The van der Waals surface area contributed by atoms with E-state index >= 15 is 0 Å². The number of benzene rings is 3. The monoisotopic (exact) mass is 419 g/mol. The van der Waals surface area contributed by atoms with E-state index in [1.165, 1.54) is 31.2 Å². The Morgan fingerprint density at radius 3 is 1.93 bits per heavy atom. The molecule has 150 valence electrons. The third-order valence-corrected chi connectivity index (χ3v) is 5.80. The Labute approximate surface area is 173 Å². The molecule has 0 radical (unpaired) electrons. The second-order valence-corrected chi connectivity index (χ2v) is 8.22. The maximum absolute atomic E-state index is 12.6. The highest BCUT2D eigenvalue weighted by Crippen LogP contribution is 2.25. The van der Waals surface area contributed by atoms with Crippen LogP contribution in [0.2, 0.25) is 0 Å². The van der Waals surface area contributed by atoms with Gasteiger partial charge in [0.2, 0.25) is 11.8 Å². The Hall–Kier alpha value is -3.78. The Bertz CT molecular complexity index is 1280. The van der Waals surface area contributed by atoms with Gasteiger partial charge in [0.25, 0.3) is 10.0 Å². The van der Waals surface area contributed by atoms with E-state index in [9.17, 15) is 13.2 Å². The zero-order valence-electron chi connectivity index (χ0n) is 15.9. The molecular formula is C22H17N3O4S. The van der Waals surface area contributed by atoms with Crippen LogP contribution in [0.4, 0.5) is 5.69 Å². The fourth-order valence-electron chi connectivity index (χ4n) is 2.80. The van der Waals surface area contributed by atoms with Gasteiger partial charge in [0.05, 0.1) is 4.90 Å². The molecule has 8 heteroatoms. The summed E-state index contributed by atoms with van der Waals surface area (Å²) in [5.41, 5.74) is 2.32. The van der Waals surface area contributed by atoms with E-state index in [0.717, 1.165) is 5.56 Å². The van der Waals surface area contributed by atoms with E-state index in [-0.39, 0.29) is 10.7 Å². The molecule has 1 aromatic heterocycles. The average molecular weight is 419 g/mol. The molecule has 0 aliphatic carbocycles. The second-order valence-electron chi connectivity index (χ2n) is 6.54. The summed E-state index contributed by atoms with van der Waals surface area (Å²) in [6.07, 6.45) is 0. The number of sulfonamides is 1. The van der Waals surface area contributed by atoms with Crippen LogP contribution in [0, 0.1) is 0 Å². The first-order valence-corrected chi connectivity index (χ1v) is 10.5. The number of Topliss-reactive ketones (excluding diaryl/α,β-unsaturated/α-hetero) is 1. The van der Waals surface area contributed by atoms with Crippen molar-refractivity contribution in [3.8, 4) is 22.9 Å². The van der Waals surface area contributed by atoms with Crippen LogP contribution in [0.25, 0.3) is 22.9 Å². The van der Waals surface area contributed by atoms with Crippen molar-refractivity contribution in [3.05, 3.63) is 84.4 Å². The molecule has 0 fully saturated rings. The molecule has 1 heterocycles. The molecule has 0 saturated heterocycles. The molecule has 0 aliphatic heterocycles. The molecule has 0 bridgehead atoms. The van der Waals surface area contributed by atoms with Crippen LogP contribution in [0.1, 0.15) is 17.3 Å². The predicted octanol–water partition coefficient (Wildman–Crippen LogP) is 4.41. The molecule has 3 aromatic carbocycles. The summed E-state index contributed by atoms with van der Waals surface area (Å²) < 4.78 is 33.3. The van der Waals surface area contributed by atoms with Crippen molar-refractivity contribution >= 4 is 21.5 Å². The Kier molecular flexibility index (Phi) is 5.16. The highest BCUT2D eigenvalue weighted by molar-refractivity contribution is 7.92. The first-order valence-electron chi connectivity index (χ1n) is 9.05. The number of hydrogen-bond acceptors (Lipinski definition) is 6. The molecule has 0 aliphatic rings. The minimum atomic E-state index is -3.78. The maximum Gasteiger partial charge on any atom is 0.261 e. The van der Waals surface area contributed by atoms with Crippen molar-refractivity contribution in [2.24, 2.45) is 0 Å². The Balaban J connectivity index is 1.51. The summed E-state index contributed by atoms with van der Waals surface area (Å²) in [7, 11) is -3.78. The molecule has 1 N–H and O–H groups in total. The number of hydrogen-bond donors (Lipinski definition) is 1. The molecule has 0 amide bonds. The van der Waals surface area contributed by atoms with Crippen molar-refractivity contribution in [3.63, 3.8) is 0 Å². The van der Waals surface area contributed by atoms with Gasteiger partial charge >= 0.3 is 0 Å². The molecule has 0 saturated carbocycles. The smallest absolute Gasteiger partial charge is 0.261 e. The molecule has 0 spiro atoms. The number of aromatic nitrogens is 2. The van der Waals surface area contributed by atoms with E-state index in [1.54, 1.807) is 24.3 Å². The standard InChI is InChI=1S/C22H17N3O4S/c1-15(26)16-9-13-20(14-10-16)30(27,28)25-19-11-7-18(8-12-19)22-24-23-21(29-22)17-5-3-2-4-6-17/h2-14,25H,1H3. The van der Waals surface area contributed by atoms with Crippen molar-refractivity contribution in [1.82, 2.24) is 10.2 Å². The number of anilines is 1. The SMILES string of the molecule is CC(=O)c1ccc(S(=O)(=O)Nc2ccc(-c3nnc(-c4ccccc4)o3)cc2)cc1. The van der Waals surface area contributed by atoms with Crippen LogP contribution in [-0.4, -0.2) is 24.4 Å². The van der Waals surface area contributed by atoms with Crippen LogP contribution in [-0.2, 0) is 10.0 Å². The quantitative estimate of drug-likeness (QED) is 0.465. The number of carbonyl (C=O) groups excluding carboxylic acids is 1. The van der Waals surface area contributed by atoms with Crippen LogP contribution in [0.3, 0.4) is 0 Å². The van der Waals surface area contributed by atoms with Crippen LogP contribution in [0.5, 0.6) is 0 Å². The zero-order valence-corrected chi connectivity index (χ0v) is 16.8. The van der Waals surface area contributed by atoms with Gasteiger partial charge in [-0.3, -0.25) is 9.52 Å². The molecule has 0 unspecified atom stereocenters. The molecular weight excluding hydrogens is 402 g/mol. The summed E-state index contributed by atoms with van der Waals surface area (Å²) in [5, 5.41) is 8.11. The minimum Gasteiger partial charge on any atom is -0.416 e. The minimum absolute atomic E-state index is 0.0704. The highest BCUT2D eigenvalue weighted by Gasteiger charge is 2.15. The fourth-order valence-corrected chi connectivity index (χ4v) is 3.86. The topological polar surface area (TPSA) is 102 Å². The lowest BCUT2D eigenvalue weighted by atomic mass is 10.2. The summed E-state index contributed by atoms with van der Waals surface area (Å²) >= 11 is 0. The molecule has 0 atom stereocenters. The number of carbonyl (C=O) groups is 1. The summed E-state index contributed by atoms with van der Waals surface area (Å²) in [5.74, 6) is 0.617. The number of nitrogens with one attached hydrogen (secondary N) is 1. The van der Waals surface area contributed by atoms with Gasteiger partial charge in [-0.05, 0) is 55.5 Å². The van der Waals surface area contributed by atoms with E-state index in [0.29, 0.717) is 28.6 Å². The van der Waals surface area contributed by atoms with Crippen molar-refractivity contribution < 1.29 is 17.6 Å². The van der Waals surface area contributed by atoms with Crippen molar-refractivity contribution in [2.75, 3.05) is 4.72 Å². The van der Waals surface area contributed by atoms with Crippen molar-refractivity contribution in [2.45, 2.75) is 11.8 Å². The molecule has 7 nitrogen and oxygen atoms in total. The van der Waals surface area contributed by atoms with Crippen LogP contribution < -0.4 is 4.72 Å². The number of nitrogens with zero attached hydrogens (tertiary/aromatic N) is 2. The third-order valence-electron chi connectivity index (χ3n) is 4.40. The highest BCUT2D eigenvalue weighted by atomic mass is 32.2. The first kappa shape index (κ1) is 19.5. The van der Waals surface area contributed by atoms with Gasteiger partial charge in [0.1, 0.15) is 0 Å². The van der Waals surface area contributed by atoms with E-state index < -0.39 is 10.0 Å². The van der Waals surface area contributed by atoms with Gasteiger partial charge in [0.15, 0.2) is 5.78 Å². The fraction of sp³-hybridized carbons (Fsp3) is 0.0455. The second kappa shape index (κ2) is 7.92. The van der Waals surface area contributed by atoms with E-state index in [4.69, 9.17) is 4.42 Å². The zero-order chi connectivity index (χ0) is 21.1. The van der Waals surface area contributed by atoms with Gasteiger partial charge in [0, 0.05) is 22.4 Å². The lowest BCUT2D eigenvalue weighted by Gasteiger charge is -2.08. The van der Waals surface area contributed by atoms with E-state index in [2.05, 4.69) is 14.9 Å². The maximum atomic E-state index is 12.6. The molecule has 30 heavy (non-hydrogen) atoms. The third kappa shape index (κ3) is 4.13. The largest absolute Gasteiger partial charge is 0.416 e. The summed E-state index contributed by atoms with van der Waals surface area (Å²) in [4.78, 5) is 11.4. The van der Waals surface area contributed by atoms with Gasteiger partial charge < -0.3 is 4.42 Å². The first-order chi connectivity index (χ1) is 14.4. The van der Waals surface area contributed by atoms with Gasteiger partial charge in [-0.2, -0.15) is 0 Å².